The first kappa shape index (κ1) is 30.6. The van der Waals surface area contributed by atoms with Crippen molar-refractivity contribution in [1.82, 2.24) is 10.6 Å². The molecule has 2 heterocycles. The van der Waals surface area contributed by atoms with Crippen LogP contribution in [0.5, 0.6) is 0 Å². The molecule has 0 aromatic rings. The van der Waals surface area contributed by atoms with Crippen molar-refractivity contribution in [3.05, 3.63) is 0 Å². The molecule has 34 heavy (non-hydrogen) atoms. The first-order valence-electron chi connectivity index (χ1n) is 11.0. The Morgan fingerprint density at radius 1 is 1.00 bits per heavy atom. The molecule has 0 radical (unpaired) electrons. The van der Waals surface area contributed by atoms with Crippen molar-refractivity contribution < 1.29 is 54.1 Å². The highest BCUT2D eigenvalue weighted by Gasteiger charge is 2.48. The van der Waals surface area contributed by atoms with E-state index in [1.165, 1.54) is 28.1 Å². The number of hydrogen-bond donors (Lipinski definition) is 7. The van der Waals surface area contributed by atoms with Gasteiger partial charge in [0.25, 0.3) is 0 Å². The zero-order chi connectivity index (χ0) is 26.3. The van der Waals surface area contributed by atoms with E-state index in [4.69, 9.17) is 24.1 Å². The Morgan fingerprint density at radius 2 is 1.53 bits per heavy atom. The Morgan fingerprint density at radius 3 is 1.97 bits per heavy atom. The second-order valence-electron chi connectivity index (χ2n) is 8.89. The molecular formula is C21H40N2O11. The summed E-state index contributed by atoms with van der Waals surface area (Å²) in [5, 5.41) is 53.4. The molecule has 2 aliphatic rings. The topological polar surface area (TPSA) is 196 Å². The molecule has 9 atom stereocenters. The van der Waals surface area contributed by atoms with Gasteiger partial charge in [-0.2, -0.15) is 0 Å². The smallest absolute Gasteiger partial charge is 0.217 e. The van der Waals surface area contributed by atoms with Gasteiger partial charge in [-0.3, -0.25) is 9.59 Å². The molecule has 13 nitrogen and oxygen atoms in total. The Hall–Kier alpha value is -1.42. The first-order chi connectivity index (χ1) is 15.7. The van der Waals surface area contributed by atoms with Crippen molar-refractivity contribution in [3.63, 3.8) is 0 Å². The Bertz CT molecular complexity index is 669. The summed E-state index contributed by atoms with van der Waals surface area (Å²) in [6, 6.07) is -1.25. The summed E-state index contributed by atoms with van der Waals surface area (Å²) in [6.45, 7) is 5.61. The van der Waals surface area contributed by atoms with Crippen LogP contribution in [0.25, 0.3) is 0 Å². The molecule has 13 heteroatoms. The molecule has 2 amide bonds. The normalized spacial score (nSPS) is 37.6. The van der Waals surface area contributed by atoms with Crippen LogP contribution in [0.4, 0.5) is 0 Å². The average molecular weight is 497 g/mol. The highest BCUT2D eigenvalue weighted by molar-refractivity contribution is 5.73. The monoisotopic (exact) mass is 496 g/mol. The Balaban J connectivity index is 0.000000362. The fraction of sp³-hybridized carbons (Fsp3) is 0.905. The third-order valence-corrected chi connectivity index (χ3v) is 5.89. The zero-order valence-corrected chi connectivity index (χ0v) is 20.6. The highest BCUT2D eigenvalue weighted by atomic mass is 16.7. The molecule has 2 saturated heterocycles. The summed E-state index contributed by atoms with van der Waals surface area (Å²) in [7, 11) is 2.92. The summed E-state index contributed by atoms with van der Waals surface area (Å²) in [5.41, 5.74) is 0. The maximum atomic E-state index is 11.2. The van der Waals surface area contributed by atoms with E-state index < -0.39 is 60.6 Å². The standard InChI is InChI=1S/C12H23NO7.C9H17NO4/c1-6(15)13-9-7(16)4-12(2,19-3)20-11(9)10(18)8(17)5-14;1-6(11)10-7-5-14-9(2,13-3)4-8(7)12/h7-11,14,16-18H,4-5H2,1-3H3,(H,13,15);7-8,12H,4-5H2,1-3H3,(H,10,11). The molecule has 0 aliphatic carbocycles. The number of hydrogen-bond acceptors (Lipinski definition) is 11. The van der Waals surface area contributed by atoms with Gasteiger partial charge in [-0.15, -0.1) is 0 Å². The lowest BCUT2D eigenvalue weighted by molar-refractivity contribution is -0.302. The summed E-state index contributed by atoms with van der Waals surface area (Å²) in [4.78, 5) is 22.0. The van der Waals surface area contributed by atoms with Crippen molar-refractivity contribution in [2.75, 3.05) is 27.4 Å². The number of methoxy groups -OCH3 is 2. The maximum absolute atomic E-state index is 11.2. The minimum atomic E-state index is -1.48. The van der Waals surface area contributed by atoms with Crippen LogP contribution in [0.2, 0.25) is 0 Å². The van der Waals surface area contributed by atoms with Crippen LogP contribution in [0.3, 0.4) is 0 Å². The fourth-order valence-corrected chi connectivity index (χ4v) is 3.79. The number of amides is 2. The van der Waals surface area contributed by atoms with E-state index in [1.54, 1.807) is 13.8 Å². The molecule has 0 saturated carbocycles. The van der Waals surface area contributed by atoms with Gasteiger partial charge < -0.3 is 55.1 Å². The van der Waals surface area contributed by atoms with Crippen LogP contribution in [0, 0.1) is 0 Å². The van der Waals surface area contributed by atoms with Crippen molar-refractivity contribution in [2.24, 2.45) is 0 Å². The van der Waals surface area contributed by atoms with E-state index in [2.05, 4.69) is 10.6 Å². The molecule has 0 aromatic heterocycles. The molecule has 2 fully saturated rings. The minimum Gasteiger partial charge on any atom is -0.394 e. The Kier molecular flexibility index (Phi) is 11.7. The van der Waals surface area contributed by atoms with Crippen LogP contribution < -0.4 is 10.6 Å². The minimum absolute atomic E-state index is 0.0902. The zero-order valence-electron chi connectivity index (χ0n) is 20.6. The quantitative estimate of drug-likeness (QED) is 0.194. The molecule has 200 valence electrons. The van der Waals surface area contributed by atoms with Crippen molar-refractivity contribution in [3.8, 4) is 0 Å². The third kappa shape index (κ3) is 8.66. The SMILES string of the molecule is COC1(C)CC(O)C(NC(C)=O)C(C(O)C(O)CO)O1.COC1(C)CC(O)C(NC(C)=O)CO1. The van der Waals surface area contributed by atoms with Crippen LogP contribution in [0.1, 0.15) is 40.5 Å². The van der Waals surface area contributed by atoms with Gasteiger partial charge in [0, 0.05) is 40.9 Å². The van der Waals surface area contributed by atoms with Gasteiger partial charge in [0.15, 0.2) is 11.6 Å². The molecule has 2 aliphatic heterocycles. The third-order valence-electron chi connectivity index (χ3n) is 5.89. The van der Waals surface area contributed by atoms with E-state index in [-0.39, 0.29) is 25.0 Å². The van der Waals surface area contributed by atoms with Gasteiger partial charge >= 0.3 is 0 Å². The second kappa shape index (κ2) is 13.0. The molecule has 7 N–H and O–H groups in total. The van der Waals surface area contributed by atoms with Gasteiger partial charge in [0.05, 0.1) is 37.5 Å². The van der Waals surface area contributed by atoms with Crippen LogP contribution in [0.15, 0.2) is 0 Å². The van der Waals surface area contributed by atoms with Crippen molar-refractivity contribution in [1.29, 1.82) is 0 Å². The molecule has 9 unspecified atom stereocenters. The fourth-order valence-electron chi connectivity index (χ4n) is 3.79. The summed E-state index contributed by atoms with van der Waals surface area (Å²) in [5.74, 6) is -2.48. The van der Waals surface area contributed by atoms with E-state index in [9.17, 15) is 30.0 Å². The van der Waals surface area contributed by atoms with Crippen LogP contribution in [-0.4, -0.2) is 119 Å². The predicted molar refractivity (Wildman–Crippen MR) is 117 cm³/mol. The second-order valence-corrected chi connectivity index (χ2v) is 8.89. The number of aliphatic hydroxyl groups is 5. The van der Waals surface area contributed by atoms with Gasteiger partial charge in [0.2, 0.25) is 11.8 Å². The first-order valence-corrected chi connectivity index (χ1v) is 11.0. The summed E-state index contributed by atoms with van der Waals surface area (Å²) < 4.78 is 21.2. The number of rotatable bonds is 7. The highest BCUT2D eigenvalue weighted by Crippen LogP contribution is 2.32. The molecule has 0 spiro atoms. The lowest BCUT2D eigenvalue weighted by Gasteiger charge is -2.46. The van der Waals surface area contributed by atoms with Crippen molar-refractivity contribution >= 4 is 11.8 Å². The number of carbonyl (C=O) groups excluding carboxylic acids is 2. The van der Waals surface area contributed by atoms with E-state index in [0.29, 0.717) is 6.42 Å². The summed E-state index contributed by atoms with van der Waals surface area (Å²) in [6.07, 6.45) is -5.26. The largest absolute Gasteiger partial charge is 0.394 e. The number of ether oxygens (including phenoxy) is 4. The van der Waals surface area contributed by atoms with Crippen LogP contribution >= 0.6 is 0 Å². The lowest BCUT2D eigenvalue weighted by atomic mass is 9.89. The van der Waals surface area contributed by atoms with Crippen LogP contribution in [-0.2, 0) is 28.5 Å². The molecule has 2 rings (SSSR count). The van der Waals surface area contributed by atoms with Crippen molar-refractivity contribution in [2.45, 2.75) is 94.7 Å². The van der Waals surface area contributed by atoms with Gasteiger partial charge in [0.1, 0.15) is 18.3 Å². The van der Waals surface area contributed by atoms with E-state index in [1.807, 2.05) is 0 Å². The van der Waals surface area contributed by atoms with Gasteiger partial charge in [-0.05, 0) is 13.8 Å². The maximum Gasteiger partial charge on any atom is 0.217 e. The number of aliphatic hydroxyl groups excluding tert-OH is 5. The summed E-state index contributed by atoms with van der Waals surface area (Å²) >= 11 is 0. The Labute approximate surface area is 199 Å². The van der Waals surface area contributed by atoms with Gasteiger partial charge in [-0.1, -0.05) is 0 Å². The average Bonchev–Trinajstić information content (AvgIpc) is 2.76. The van der Waals surface area contributed by atoms with Gasteiger partial charge in [-0.25, -0.2) is 0 Å². The van der Waals surface area contributed by atoms with E-state index >= 15 is 0 Å². The molecule has 0 bridgehead atoms. The molecule has 0 aromatic carbocycles. The number of nitrogens with one attached hydrogen (secondary N) is 2. The number of carbonyl (C=O) groups is 2. The molecular weight excluding hydrogens is 456 g/mol. The predicted octanol–water partition coefficient (Wildman–Crippen LogP) is -2.65. The lowest BCUT2D eigenvalue weighted by Crippen LogP contribution is -2.65. The van der Waals surface area contributed by atoms with E-state index in [0.717, 1.165) is 0 Å².